The molecule has 0 saturated heterocycles. The highest BCUT2D eigenvalue weighted by Gasteiger charge is 2.30. The monoisotopic (exact) mass is 450 g/mol. The first-order valence-corrected chi connectivity index (χ1v) is 11.2. The second-order valence-corrected chi connectivity index (χ2v) is 9.02. The molecule has 1 amide bonds. The number of rotatable bonds is 6. The quantitative estimate of drug-likeness (QED) is 0.515. The van der Waals surface area contributed by atoms with Crippen molar-refractivity contribution in [2.45, 2.75) is 51.5 Å². The molecule has 1 fully saturated rings. The number of anilines is 1. The van der Waals surface area contributed by atoms with Crippen LogP contribution >= 0.6 is 0 Å². The van der Waals surface area contributed by atoms with Crippen molar-refractivity contribution >= 4 is 12.1 Å². The van der Waals surface area contributed by atoms with Crippen LogP contribution in [-0.4, -0.2) is 22.4 Å². The summed E-state index contributed by atoms with van der Waals surface area (Å²) in [5, 5.41) is 2.73. The maximum absolute atomic E-state index is 15.1. The lowest BCUT2D eigenvalue weighted by atomic mass is 9.73. The smallest absolute Gasteiger partial charge is 0.211 e. The van der Waals surface area contributed by atoms with Crippen LogP contribution in [0.3, 0.4) is 0 Å². The predicted molar refractivity (Wildman–Crippen MR) is 125 cm³/mol. The molecule has 7 heteroatoms. The van der Waals surface area contributed by atoms with E-state index in [1.54, 1.807) is 25.4 Å². The van der Waals surface area contributed by atoms with E-state index < -0.39 is 11.6 Å². The SMILES string of the molecule is Cc1cc(F)c(-c2nc(C)ccc2F)c(C[C@H]2CC(c3ccncc3NC=O)C[C@@H](N)C2)c1. The lowest BCUT2D eigenvalue weighted by Gasteiger charge is -2.34. The third kappa shape index (κ3) is 5.09. The summed E-state index contributed by atoms with van der Waals surface area (Å²) in [6, 6.07) is 8.13. The summed E-state index contributed by atoms with van der Waals surface area (Å²) in [4.78, 5) is 19.4. The summed E-state index contributed by atoms with van der Waals surface area (Å²) in [5.41, 5.74) is 10.5. The molecule has 1 saturated carbocycles. The molecule has 3 N–H and O–H groups in total. The Balaban J connectivity index is 1.68. The van der Waals surface area contributed by atoms with E-state index in [0.29, 0.717) is 24.2 Å². The fraction of sp³-hybridized carbons (Fsp3) is 0.346. The number of nitrogens with one attached hydrogen (secondary N) is 1. The molecule has 3 atom stereocenters. The maximum atomic E-state index is 15.1. The van der Waals surface area contributed by atoms with Gasteiger partial charge in [-0.15, -0.1) is 0 Å². The molecular formula is C26H28F2N4O. The zero-order valence-electron chi connectivity index (χ0n) is 18.8. The van der Waals surface area contributed by atoms with Gasteiger partial charge in [0.05, 0.1) is 11.9 Å². The summed E-state index contributed by atoms with van der Waals surface area (Å²) in [6.45, 7) is 3.60. The summed E-state index contributed by atoms with van der Waals surface area (Å²) in [5.74, 6) is -0.700. The van der Waals surface area contributed by atoms with Gasteiger partial charge in [0.1, 0.15) is 17.3 Å². The molecular weight excluding hydrogens is 422 g/mol. The minimum absolute atomic E-state index is 0.0297. The first-order valence-electron chi connectivity index (χ1n) is 11.2. The number of aryl methyl sites for hydroxylation is 2. The van der Waals surface area contributed by atoms with Gasteiger partial charge in [0.15, 0.2) is 0 Å². The summed E-state index contributed by atoms with van der Waals surface area (Å²) in [6.07, 6.45) is 6.96. The topological polar surface area (TPSA) is 80.9 Å². The molecule has 5 nitrogen and oxygen atoms in total. The van der Waals surface area contributed by atoms with Crippen LogP contribution in [0.15, 0.2) is 42.7 Å². The zero-order valence-corrected chi connectivity index (χ0v) is 18.8. The fourth-order valence-electron chi connectivity index (χ4n) is 5.12. The Labute approximate surface area is 192 Å². The van der Waals surface area contributed by atoms with Gasteiger partial charge in [-0.1, -0.05) is 6.07 Å². The van der Waals surface area contributed by atoms with Crippen molar-refractivity contribution in [3.05, 3.63) is 76.7 Å². The van der Waals surface area contributed by atoms with E-state index in [0.717, 1.165) is 36.0 Å². The van der Waals surface area contributed by atoms with Crippen molar-refractivity contribution in [3.63, 3.8) is 0 Å². The van der Waals surface area contributed by atoms with Gasteiger partial charge in [-0.05, 0) is 92.3 Å². The van der Waals surface area contributed by atoms with Crippen LogP contribution in [-0.2, 0) is 11.2 Å². The van der Waals surface area contributed by atoms with Crippen LogP contribution in [0.25, 0.3) is 11.3 Å². The standard InChI is InChI=1S/C26H28F2N4O/c1-15-7-19(25(23(28)8-15)26-22(27)4-3-16(2)32-26)10-17-9-18(12-20(29)11-17)21-5-6-30-13-24(21)31-14-33/h3-8,13-14,17-18,20H,9-12,29H2,1-2H3,(H,31,33)/t17-,18?,20+/m1/s1. The van der Waals surface area contributed by atoms with Gasteiger partial charge in [0.2, 0.25) is 6.41 Å². The van der Waals surface area contributed by atoms with E-state index in [2.05, 4.69) is 15.3 Å². The van der Waals surface area contributed by atoms with Crippen molar-refractivity contribution in [1.29, 1.82) is 0 Å². The average Bonchev–Trinajstić information content (AvgIpc) is 2.76. The summed E-state index contributed by atoms with van der Waals surface area (Å²) < 4.78 is 29.8. The lowest BCUT2D eigenvalue weighted by Crippen LogP contribution is -2.33. The fourth-order valence-corrected chi connectivity index (χ4v) is 5.12. The van der Waals surface area contributed by atoms with Crippen molar-refractivity contribution in [3.8, 4) is 11.3 Å². The molecule has 0 radical (unpaired) electrons. The molecule has 0 bridgehead atoms. The van der Waals surface area contributed by atoms with Crippen LogP contribution in [0.1, 0.15) is 47.6 Å². The maximum Gasteiger partial charge on any atom is 0.211 e. The number of benzene rings is 1. The largest absolute Gasteiger partial charge is 0.328 e. The molecule has 0 aliphatic heterocycles. The molecule has 1 aromatic carbocycles. The second-order valence-electron chi connectivity index (χ2n) is 9.02. The minimum Gasteiger partial charge on any atom is -0.328 e. The van der Waals surface area contributed by atoms with E-state index in [-0.39, 0.29) is 29.1 Å². The van der Waals surface area contributed by atoms with Crippen molar-refractivity contribution in [1.82, 2.24) is 9.97 Å². The van der Waals surface area contributed by atoms with Gasteiger partial charge < -0.3 is 11.1 Å². The Hall–Kier alpha value is -3.19. The Morgan fingerprint density at radius 1 is 1.12 bits per heavy atom. The summed E-state index contributed by atoms with van der Waals surface area (Å²) in [7, 11) is 0. The molecule has 2 heterocycles. The number of amides is 1. The van der Waals surface area contributed by atoms with Crippen LogP contribution in [0, 0.1) is 31.4 Å². The molecule has 1 aliphatic carbocycles. The van der Waals surface area contributed by atoms with Gasteiger partial charge >= 0.3 is 0 Å². The second kappa shape index (κ2) is 9.75. The number of nitrogens with two attached hydrogens (primary N) is 1. The number of aromatic nitrogens is 2. The molecule has 33 heavy (non-hydrogen) atoms. The van der Waals surface area contributed by atoms with Gasteiger partial charge in [-0.25, -0.2) is 13.8 Å². The normalized spacial score (nSPS) is 20.5. The highest BCUT2D eigenvalue weighted by atomic mass is 19.1. The van der Waals surface area contributed by atoms with Crippen molar-refractivity contribution < 1.29 is 13.6 Å². The van der Waals surface area contributed by atoms with Crippen molar-refractivity contribution in [2.24, 2.45) is 11.7 Å². The Morgan fingerprint density at radius 3 is 2.73 bits per heavy atom. The van der Waals surface area contributed by atoms with Crippen molar-refractivity contribution in [2.75, 3.05) is 5.32 Å². The van der Waals surface area contributed by atoms with Crippen LogP contribution in [0.5, 0.6) is 0 Å². The number of hydrogen-bond acceptors (Lipinski definition) is 4. The highest BCUT2D eigenvalue weighted by Crippen LogP contribution is 2.41. The number of halogens is 2. The molecule has 3 aromatic rings. The van der Waals surface area contributed by atoms with Gasteiger partial charge in [-0.2, -0.15) is 0 Å². The van der Waals surface area contributed by atoms with Gasteiger partial charge in [0.25, 0.3) is 0 Å². The van der Waals surface area contributed by atoms with E-state index in [1.165, 1.54) is 12.1 Å². The zero-order chi connectivity index (χ0) is 23.5. The number of carbonyl (C=O) groups excluding carboxylic acids is 1. The average molecular weight is 451 g/mol. The number of carbonyl (C=O) groups is 1. The van der Waals surface area contributed by atoms with E-state index >= 15 is 4.39 Å². The minimum atomic E-state index is -0.538. The van der Waals surface area contributed by atoms with Gasteiger partial charge in [0, 0.05) is 23.5 Å². The Bertz CT molecular complexity index is 1170. The number of pyridine rings is 2. The molecule has 2 aromatic heterocycles. The van der Waals surface area contributed by atoms with E-state index in [9.17, 15) is 9.18 Å². The Morgan fingerprint density at radius 2 is 1.94 bits per heavy atom. The number of nitrogens with zero attached hydrogens (tertiary/aromatic N) is 2. The third-order valence-electron chi connectivity index (χ3n) is 6.40. The Kier molecular flexibility index (Phi) is 6.79. The van der Waals surface area contributed by atoms with Crippen LogP contribution in [0.2, 0.25) is 0 Å². The first kappa shape index (κ1) is 23.0. The molecule has 172 valence electrons. The van der Waals surface area contributed by atoms with Gasteiger partial charge in [-0.3, -0.25) is 9.78 Å². The lowest BCUT2D eigenvalue weighted by molar-refractivity contribution is -0.105. The first-order chi connectivity index (χ1) is 15.9. The van der Waals surface area contributed by atoms with Crippen LogP contribution < -0.4 is 11.1 Å². The van der Waals surface area contributed by atoms with E-state index in [1.807, 2.05) is 19.1 Å². The molecule has 0 spiro atoms. The molecule has 1 aliphatic rings. The van der Waals surface area contributed by atoms with E-state index in [4.69, 9.17) is 5.73 Å². The summed E-state index contributed by atoms with van der Waals surface area (Å²) >= 11 is 0. The third-order valence-corrected chi connectivity index (χ3v) is 6.40. The molecule has 1 unspecified atom stereocenters. The highest BCUT2D eigenvalue weighted by molar-refractivity contribution is 5.73. The number of hydrogen-bond donors (Lipinski definition) is 2. The predicted octanol–water partition coefficient (Wildman–Crippen LogP) is 5.06. The molecule has 4 rings (SSSR count). The van der Waals surface area contributed by atoms with Crippen LogP contribution in [0.4, 0.5) is 14.5 Å².